The van der Waals surface area contributed by atoms with Gasteiger partial charge in [-0.3, -0.25) is 14.8 Å². The number of benzene rings is 2. The molecule has 0 unspecified atom stereocenters. The fourth-order valence-corrected chi connectivity index (χ4v) is 4.61. The number of hydrogen-bond acceptors (Lipinski definition) is 7. The summed E-state index contributed by atoms with van der Waals surface area (Å²) in [6.07, 6.45) is 1.87. The van der Waals surface area contributed by atoms with Crippen LogP contribution in [-0.4, -0.2) is 30.8 Å². The number of carbonyl (C=O) groups excluding carboxylic acids is 1. The van der Waals surface area contributed by atoms with E-state index in [1.54, 1.807) is 43.3 Å². The van der Waals surface area contributed by atoms with Crippen LogP contribution in [0, 0.1) is 6.92 Å². The minimum absolute atomic E-state index is 0.151. The molecule has 1 heterocycles. The van der Waals surface area contributed by atoms with Gasteiger partial charge in [-0.05, 0) is 43.0 Å². The molecule has 140 valence electrons. The maximum Gasteiger partial charge on any atom is 0.261 e. The van der Waals surface area contributed by atoms with E-state index in [1.165, 1.54) is 35.2 Å². The highest BCUT2D eigenvalue weighted by Crippen LogP contribution is 2.26. The van der Waals surface area contributed by atoms with Gasteiger partial charge < -0.3 is 0 Å². The fraction of sp³-hybridized carbons (Fsp3) is 0.118. The van der Waals surface area contributed by atoms with Crippen LogP contribution in [0.1, 0.15) is 15.9 Å². The Hall–Kier alpha value is -2.43. The predicted octanol–water partition coefficient (Wildman–Crippen LogP) is 3.62. The Morgan fingerprint density at radius 2 is 1.81 bits per heavy atom. The lowest BCUT2D eigenvalue weighted by Gasteiger charge is -2.13. The molecule has 0 radical (unpaired) electrons. The Balaban J connectivity index is 1.84. The number of anilines is 2. The molecule has 0 fully saturated rings. The van der Waals surface area contributed by atoms with E-state index in [2.05, 4.69) is 20.2 Å². The van der Waals surface area contributed by atoms with Crippen molar-refractivity contribution in [3.05, 3.63) is 59.7 Å². The Morgan fingerprint density at radius 3 is 2.48 bits per heavy atom. The maximum absolute atomic E-state index is 12.6. The number of amides is 1. The van der Waals surface area contributed by atoms with Crippen LogP contribution in [0.5, 0.6) is 0 Å². The number of aromatic nitrogens is 2. The quantitative estimate of drug-likeness (QED) is 0.467. The van der Waals surface area contributed by atoms with Crippen molar-refractivity contribution in [3.8, 4) is 0 Å². The molecule has 10 heteroatoms. The molecule has 0 bridgehead atoms. The van der Waals surface area contributed by atoms with Crippen LogP contribution in [0.25, 0.3) is 0 Å². The fourth-order valence-electron chi connectivity index (χ4n) is 2.30. The zero-order chi connectivity index (χ0) is 19.4. The maximum atomic E-state index is 12.6. The van der Waals surface area contributed by atoms with E-state index < -0.39 is 10.0 Å². The summed E-state index contributed by atoms with van der Waals surface area (Å²) < 4.78 is 28.3. The summed E-state index contributed by atoms with van der Waals surface area (Å²) >= 11 is 2.71. The van der Waals surface area contributed by atoms with Gasteiger partial charge in [0.15, 0.2) is 4.34 Å². The Morgan fingerprint density at radius 1 is 1.07 bits per heavy atom. The number of hydrogen-bond donors (Lipinski definition) is 2. The van der Waals surface area contributed by atoms with Crippen LogP contribution in [-0.2, 0) is 10.0 Å². The summed E-state index contributed by atoms with van der Waals surface area (Å²) in [6.45, 7) is 1.69. The van der Waals surface area contributed by atoms with E-state index in [0.29, 0.717) is 21.9 Å². The molecule has 0 spiro atoms. The van der Waals surface area contributed by atoms with Gasteiger partial charge in [-0.1, -0.05) is 47.4 Å². The van der Waals surface area contributed by atoms with Crippen LogP contribution >= 0.6 is 23.1 Å². The highest BCUT2D eigenvalue weighted by Gasteiger charge is 2.18. The number of nitrogens with zero attached hydrogens (tertiary/aromatic N) is 2. The first kappa shape index (κ1) is 19.3. The molecule has 7 nitrogen and oxygen atoms in total. The predicted molar refractivity (Wildman–Crippen MR) is 108 cm³/mol. The summed E-state index contributed by atoms with van der Waals surface area (Å²) in [5, 5.41) is 10.9. The van der Waals surface area contributed by atoms with Crippen molar-refractivity contribution in [1.82, 2.24) is 10.2 Å². The lowest BCUT2D eigenvalue weighted by Crippen LogP contribution is -2.17. The monoisotopic (exact) mass is 420 g/mol. The van der Waals surface area contributed by atoms with Gasteiger partial charge in [0.2, 0.25) is 5.13 Å². The molecule has 0 aliphatic carbocycles. The molecule has 1 amide bonds. The van der Waals surface area contributed by atoms with Crippen LogP contribution in [0.15, 0.2) is 57.8 Å². The van der Waals surface area contributed by atoms with E-state index >= 15 is 0 Å². The molecule has 0 aliphatic rings. The number of carbonyl (C=O) groups is 1. The average Bonchev–Trinajstić information content (AvgIpc) is 3.11. The number of sulfonamides is 1. The molecule has 2 N–H and O–H groups in total. The third kappa shape index (κ3) is 4.46. The van der Waals surface area contributed by atoms with Gasteiger partial charge in [0, 0.05) is 5.56 Å². The highest BCUT2D eigenvalue weighted by molar-refractivity contribution is 8.00. The molecule has 0 saturated carbocycles. The molecule has 27 heavy (non-hydrogen) atoms. The minimum atomic E-state index is -3.74. The van der Waals surface area contributed by atoms with Crippen LogP contribution in [0.2, 0.25) is 0 Å². The van der Waals surface area contributed by atoms with Crippen molar-refractivity contribution in [2.75, 3.05) is 16.3 Å². The van der Waals surface area contributed by atoms with Crippen molar-refractivity contribution in [1.29, 1.82) is 0 Å². The Labute approximate surface area is 165 Å². The normalized spacial score (nSPS) is 11.2. The van der Waals surface area contributed by atoms with Crippen LogP contribution in [0.3, 0.4) is 0 Å². The van der Waals surface area contributed by atoms with Crippen molar-refractivity contribution in [2.45, 2.75) is 16.2 Å². The van der Waals surface area contributed by atoms with Gasteiger partial charge >= 0.3 is 0 Å². The van der Waals surface area contributed by atoms with Crippen molar-refractivity contribution in [3.63, 3.8) is 0 Å². The molecule has 3 rings (SSSR count). The molecule has 3 aromatic rings. The van der Waals surface area contributed by atoms with E-state index in [0.717, 1.165) is 4.34 Å². The molecule has 2 aromatic carbocycles. The van der Waals surface area contributed by atoms with Gasteiger partial charge in [-0.25, -0.2) is 8.42 Å². The summed E-state index contributed by atoms with van der Waals surface area (Å²) in [4.78, 5) is 12.7. The third-order valence-electron chi connectivity index (χ3n) is 3.68. The number of rotatable bonds is 6. The number of nitrogens with one attached hydrogen (secondary N) is 2. The van der Waals surface area contributed by atoms with Crippen molar-refractivity contribution < 1.29 is 13.2 Å². The standard InChI is InChI=1S/C17H16N4O3S3/c1-11-13(15(22)18-16-19-20-17(25-2)26-16)9-6-10-14(11)21-27(23,24)12-7-4-3-5-8-12/h3-10,21H,1-2H3,(H,18,19,22). The number of thioether (sulfide) groups is 1. The summed E-state index contributed by atoms with van der Waals surface area (Å²) in [7, 11) is -3.74. The largest absolute Gasteiger partial charge is 0.296 e. The zero-order valence-electron chi connectivity index (χ0n) is 14.5. The van der Waals surface area contributed by atoms with Gasteiger partial charge in [-0.15, -0.1) is 10.2 Å². The lowest BCUT2D eigenvalue weighted by molar-refractivity contribution is 0.102. The van der Waals surface area contributed by atoms with E-state index in [9.17, 15) is 13.2 Å². The van der Waals surface area contributed by atoms with Gasteiger partial charge in [0.25, 0.3) is 15.9 Å². The zero-order valence-corrected chi connectivity index (χ0v) is 16.9. The van der Waals surface area contributed by atoms with Crippen molar-refractivity contribution in [2.24, 2.45) is 0 Å². The Bertz CT molecular complexity index is 1070. The molecule has 0 aliphatic heterocycles. The van der Waals surface area contributed by atoms with Crippen LogP contribution in [0.4, 0.5) is 10.8 Å². The molecular formula is C17H16N4O3S3. The third-order valence-corrected chi connectivity index (χ3v) is 6.87. The second-order valence-electron chi connectivity index (χ2n) is 5.43. The molecule has 1 aromatic heterocycles. The van der Waals surface area contributed by atoms with Gasteiger partial charge in [0.05, 0.1) is 10.6 Å². The van der Waals surface area contributed by atoms with Crippen molar-refractivity contribution >= 4 is 49.8 Å². The van der Waals surface area contributed by atoms with Gasteiger partial charge in [-0.2, -0.15) is 0 Å². The summed E-state index contributed by atoms with van der Waals surface area (Å²) in [6, 6.07) is 12.9. The second-order valence-corrected chi connectivity index (χ2v) is 9.14. The first-order valence-corrected chi connectivity index (χ1v) is 11.3. The van der Waals surface area contributed by atoms with Gasteiger partial charge in [0.1, 0.15) is 0 Å². The van der Waals surface area contributed by atoms with E-state index in [-0.39, 0.29) is 10.8 Å². The SMILES string of the molecule is CSc1nnc(NC(=O)c2cccc(NS(=O)(=O)c3ccccc3)c2C)s1. The first-order valence-electron chi connectivity index (χ1n) is 7.77. The smallest absolute Gasteiger partial charge is 0.261 e. The molecular weight excluding hydrogens is 404 g/mol. The second kappa shape index (κ2) is 8.07. The first-order chi connectivity index (χ1) is 12.9. The lowest BCUT2D eigenvalue weighted by atomic mass is 10.1. The molecule has 0 atom stereocenters. The van der Waals surface area contributed by atoms with Crippen LogP contribution < -0.4 is 10.0 Å². The van der Waals surface area contributed by atoms with E-state index in [4.69, 9.17) is 0 Å². The Kier molecular flexibility index (Phi) is 5.78. The van der Waals surface area contributed by atoms with E-state index in [1.807, 2.05) is 6.26 Å². The molecule has 0 saturated heterocycles. The topological polar surface area (TPSA) is 101 Å². The average molecular weight is 421 g/mol. The highest BCUT2D eigenvalue weighted by atomic mass is 32.2. The summed E-state index contributed by atoms with van der Waals surface area (Å²) in [5.74, 6) is -0.378. The summed E-state index contributed by atoms with van der Waals surface area (Å²) in [5.41, 5.74) is 1.21. The minimum Gasteiger partial charge on any atom is -0.296 e.